The summed E-state index contributed by atoms with van der Waals surface area (Å²) in [5.74, 6) is -0.695. The largest absolute Gasteiger partial charge is 0.477 e. The number of amides is 1. The van der Waals surface area contributed by atoms with E-state index in [4.69, 9.17) is 9.47 Å². The van der Waals surface area contributed by atoms with Crippen LogP contribution in [0.5, 0.6) is 0 Å². The molecule has 1 N–H and O–H groups in total. The Hall–Kier alpha value is -1.44. The minimum absolute atomic E-state index is 0.00188. The van der Waals surface area contributed by atoms with E-state index in [2.05, 4.69) is 6.92 Å². The molecule has 0 radical (unpaired) electrons. The van der Waals surface area contributed by atoms with Crippen LogP contribution in [-0.4, -0.2) is 42.0 Å². The van der Waals surface area contributed by atoms with Gasteiger partial charge in [-0.05, 0) is 55.9 Å². The van der Waals surface area contributed by atoms with Gasteiger partial charge in [0.15, 0.2) is 5.79 Å². The third-order valence-corrected chi connectivity index (χ3v) is 7.49. The average molecular weight is 408 g/mol. The maximum absolute atomic E-state index is 13.6. The van der Waals surface area contributed by atoms with Gasteiger partial charge in [-0.25, -0.2) is 4.79 Å². The summed E-state index contributed by atoms with van der Waals surface area (Å²) < 4.78 is 11.7. The number of aromatic carboxylic acids is 1. The van der Waals surface area contributed by atoms with E-state index in [0.29, 0.717) is 24.8 Å². The Morgan fingerprint density at radius 3 is 2.36 bits per heavy atom. The summed E-state index contributed by atoms with van der Waals surface area (Å²) in [5, 5.41) is 11.4. The van der Waals surface area contributed by atoms with Crippen LogP contribution in [0.1, 0.15) is 68.0 Å². The lowest BCUT2D eigenvalue weighted by Crippen LogP contribution is -2.49. The van der Waals surface area contributed by atoms with Gasteiger partial charge in [0, 0.05) is 24.8 Å². The van der Waals surface area contributed by atoms with Gasteiger partial charge in [0.1, 0.15) is 4.88 Å². The molecule has 2 heterocycles. The van der Waals surface area contributed by atoms with Crippen LogP contribution in [0.15, 0.2) is 11.4 Å². The molecule has 28 heavy (non-hydrogen) atoms. The number of carbonyl (C=O) groups is 2. The first-order valence-electron chi connectivity index (χ1n) is 10.4. The Labute approximate surface area is 169 Å². The van der Waals surface area contributed by atoms with Crippen molar-refractivity contribution in [3.05, 3.63) is 16.3 Å². The average Bonchev–Trinajstić information content (AvgIpc) is 3.34. The minimum atomic E-state index is -0.963. The highest BCUT2D eigenvalue weighted by atomic mass is 32.1. The molecule has 154 valence electrons. The summed E-state index contributed by atoms with van der Waals surface area (Å²) in [6, 6.07) is 1.79. The first-order valence-corrected chi connectivity index (χ1v) is 11.3. The van der Waals surface area contributed by atoms with Crippen molar-refractivity contribution in [3.63, 3.8) is 0 Å². The summed E-state index contributed by atoms with van der Waals surface area (Å²) in [5.41, 5.74) is 0.565. The summed E-state index contributed by atoms with van der Waals surface area (Å²) in [6.07, 6.45) is 6.95. The highest BCUT2D eigenvalue weighted by Gasteiger charge is 2.44. The van der Waals surface area contributed by atoms with Gasteiger partial charge in [-0.2, -0.15) is 0 Å². The molecule has 3 fully saturated rings. The molecule has 3 aliphatic rings. The molecule has 0 bridgehead atoms. The highest BCUT2D eigenvalue weighted by Crippen LogP contribution is 2.41. The number of carbonyl (C=O) groups excluding carboxylic acids is 1. The molecule has 1 aromatic rings. The number of anilines is 1. The molecular formula is C21H29NO5S. The number of carboxylic acid groups (broad SMARTS) is 1. The van der Waals surface area contributed by atoms with Crippen LogP contribution >= 0.6 is 11.3 Å². The van der Waals surface area contributed by atoms with Crippen LogP contribution in [0.25, 0.3) is 0 Å². The number of thiophene rings is 1. The fourth-order valence-corrected chi connectivity index (χ4v) is 5.66. The quantitative estimate of drug-likeness (QED) is 0.806. The van der Waals surface area contributed by atoms with E-state index in [1.165, 1.54) is 11.3 Å². The van der Waals surface area contributed by atoms with Crippen molar-refractivity contribution >= 4 is 28.9 Å². The lowest BCUT2D eigenvalue weighted by Gasteiger charge is -2.42. The molecule has 6 nitrogen and oxygen atoms in total. The Kier molecular flexibility index (Phi) is 5.76. The van der Waals surface area contributed by atoms with Crippen molar-refractivity contribution in [1.82, 2.24) is 0 Å². The number of hydrogen-bond acceptors (Lipinski definition) is 5. The van der Waals surface area contributed by atoms with Gasteiger partial charge in [-0.1, -0.05) is 6.92 Å². The van der Waals surface area contributed by atoms with Crippen molar-refractivity contribution in [2.24, 2.45) is 11.8 Å². The van der Waals surface area contributed by atoms with E-state index >= 15 is 0 Å². The van der Waals surface area contributed by atoms with Crippen LogP contribution in [0.4, 0.5) is 5.69 Å². The van der Waals surface area contributed by atoms with Crippen molar-refractivity contribution in [2.45, 2.75) is 70.1 Å². The Bertz CT molecular complexity index is 708. The van der Waals surface area contributed by atoms with Crippen LogP contribution < -0.4 is 4.90 Å². The maximum Gasteiger partial charge on any atom is 0.348 e. The van der Waals surface area contributed by atoms with Crippen LogP contribution in [0, 0.1) is 11.8 Å². The predicted octanol–water partition coefficient (Wildman–Crippen LogP) is 4.29. The third kappa shape index (κ3) is 3.84. The van der Waals surface area contributed by atoms with E-state index in [0.717, 1.165) is 51.4 Å². The lowest BCUT2D eigenvalue weighted by molar-refractivity contribution is -0.179. The van der Waals surface area contributed by atoms with Gasteiger partial charge in [-0.3, -0.25) is 4.79 Å². The standard InChI is InChI=1S/C21H29NO5S/c1-14-2-4-15(5-3-14)19(23)22(17-8-13-28-18(17)20(24)25)16-6-9-21(10-7-16)26-11-12-27-21/h8,13-16H,2-7,9-12H2,1H3,(H,24,25)/t14-,15-. The molecule has 1 aromatic heterocycles. The van der Waals surface area contributed by atoms with Crippen molar-refractivity contribution in [2.75, 3.05) is 18.1 Å². The Balaban J connectivity index is 1.57. The SMILES string of the molecule is C[C@H]1CC[C@H](C(=O)N(c2ccsc2C(=O)O)C2CCC3(CC2)OCCO3)CC1. The number of carboxylic acids is 1. The molecule has 1 saturated heterocycles. The summed E-state index contributed by atoms with van der Waals surface area (Å²) in [7, 11) is 0. The summed E-state index contributed by atoms with van der Waals surface area (Å²) >= 11 is 1.19. The van der Waals surface area contributed by atoms with Gasteiger partial charge < -0.3 is 19.5 Å². The molecule has 2 aliphatic carbocycles. The fraction of sp³-hybridized carbons (Fsp3) is 0.714. The topological polar surface area (TPSA) is 76.1 Å². The van der Waals surface area contributed by atoms with E-state index < -0.39 is 11.8 Å². The third-order valence-electron chi connectivity index (χ3n) is 6.60. The first-order chi connectivity index (χ1) is 13.5. The van der Waals surface area contributed by atoms with Gasteiger partial charge in [0.2, 0.25) is 5.91 Å². The molecule has 4 rings (SSSR count). The Morgan fingerprint density at radius 1 is 1.11 bits per heavy atom. The van der Waals surface area contributed by atoms with Gasteiger partial charge in [0.25, 0.3) is 0 Å². The zero-order valence-corrected chi connectivity index (χ0v) is 17.2. The summed E-state index contributed by atoms with van der Waals surface area (Å²) in [6.45, 7) is 3.49. The second kappa shape index (κ2) is 8.13. The first kappa shape index (κ1) is 19.9. The number of nitrogens with zero attached hydrogens (tertiary/aromatic N) is 1. The zero-order valence-electron chi connectivity index (χ0n) is 16.4. The smallest absolute Gasteiger partial charge is 0.348 e. The predicted molar refractivity (Wildman–Crippen MR) is 107 cm³/mol. The second-order valence-electron chi connectivity index (χ2n) is 8.44. The minimum Gasteiger partial charge on any atom is -0.477 e. The molecule has 1 amide bonds. The molecule has 0 atom stereocenters. The number of hydrogen-bond donors (Lipinski definition) is 1. The molecule has 0 aromatic carbocycles. The van der Waals surface area contributed by atoms with Gasteiger partial charge in [-0.15, -0.1) is 11.3 Å². The van der Waals surface area contributed by atoms with E-state index in [1.54, 1.807) is 11.4 Å². The second-order valence-corrected chi connectivity index (χ2v) is 9.36. The van der Waals surface area contributed by atoms with Crippen LogP contribution in [-0.2, 0) is 14.3 Å². The van der Waals surface area contributed by atoms with Crippen LogP contribution in [0.3, 0.4) is 0 Å². The summed E-state index contributed by atoms with van der Waals surface area (Å²) in [4.78, 5) is 27.4. The molecule has 1 aliphatic heterocycles. The molecule has 7 heteroatoms. The van der Waals surface area contributed by atoms with Crippen LogP contribution in [0.2, 0.25) is 0 Å². The van der Waals surface area contributed by atoms with Gasteiger partial charge in [0.05, 0.1) is 18.9 Å². The Morgan fingerprint density at radius 2 is 1.75 bits per heavy atom. The van der Waals surface area contributed by atoms with E-state index in [9.17, 15) is 14.7 Å². The highest BCUT2D eigenvalue weighted by molar-refractivity contribution is 7.12. The molecule has 0 unspecified atom stereocenters. The zero-order chi connectivity index (χ0) is 19.7. The van der Waals surface area contributed by atoms with Crippen molar-refractivity contribution in [1.29, 1.82) is 0 Å². The van der Waals surface area contributed by atoms with E-state index in [-0.39, 0.29) is 22.7 Å². The van der Waals surface area contributed by atoms with E-state index in [1.807, 2.05) is 4.90 Å². The van der Waals surface area contributed by atoms with Gasteiger partial charge >= 0.3 is 5.97 Å². The molecule has 1 spiro atoms. The molecular weight excluding hydrogens is 378 g/mol. The lowest BCUT2D eigenvalue weighted by atomic mass is 9.81. The monoisotopic (exact) mass is 407 g/mol. The number of rotatable bonds is 4. The number of ether oxygens (including phenoxy) is 2. The van der Waals surface area contributed by atoms with Crippen molar-refractivity contribution < 1.29 is 24.2 Å². The molecule has 2 saturated carbocycles. The van der Waals surface area contributed by atoms with Crippen molar-refractivity contribution in [3.8, 4) is 0 Å². The fourth-order valence-electron chi connectivity index (χ4n) is 4.94. The maximum atomic E-state index is 13.6. The normalized spacial score (nSPS) is 27.8.